The number of sulfonamides is 1. The van der Waals surface area contributed by atoms with Gasteiger partial charge in [0.15, 0.2) is 0 Å². The van der Waals surface area contributed by atoms with Crippen molar-refractivity contribution in [2.24, 2.45) is 0 Å². The van der Waals surface area contributed by atoms with Crippen LogP contribution >= 0.6 is 0 Å². The highest BCUT2D eigenvalue weighted by atomic mass is 32.2. The molecule has 1 saturated carbocycles. The van der Waals surface area contributed by atoms with Crippen molar-refractivity contribution < 1.29 is 17.9 Å². The zero-order valence-corrected chi connectivity index (χ0v) is 16.8. The maximum absolute atomic E-state index is 12.1. The van der Waals surface area contributed by atoms with Crippen LogP contribution in [-0.2, 0) is 27.7 Å². The molecule has 3 rings (SSSR count). The quantitative estimate of drug-likeness (QED) is 0.639. The minimum absolute atomic E-state index is 0.0133. The number of amides is 1. The molecule has 0 heterocycles. The zero-order chi connectivity index (χ0) is 20.0. The fraction of sp³-hybridized carbons (Fsp3) is 0.381. The fourth-order valence-electron chi connectivity index (χ4n) is 2.81. The van der Waals surface area contributed by atoms with Crippen molar-refractivity contribution in [3.63, 3.8) is 0 Å². The first-order valence-corrected chi connectivity index (χ1v) is 11.0. The molecule has 1 aliphatic rings. The Kier molecular flexibility index (Phi) is 6.70. The van der Waals surface area contributed by atoms with Gasteiger partial charge in [-0.3, -0.25) is 4.79 Å². The second kappa shape index (κ2) is 9.21. The van der Waals surface area contributed by atoms with Crippen molar-refractivity contribution in [3.8, 4) is 5.75 Å². The smallest absolute Gasteiger partial charge is 0.240 e. The summed E-state index contributed by atoms with van der Waals surface area (Å²) >= 11 is 0. The van der Waals surface area contributed by atoms with Crippen molar-refractivity contribution in [2.75, 3.05) is 13.7 Å². The van der Waals surface area contributed by atoms with Crippen LogP contribution in [0.5, 0.6) is 5.75 Å². The Balaban J connectivity index is 1.40. The van der Waals surface area contributed by atoms with E-state index in [1.54, 1.807) is 31.4 Å². The normalized spacial score (nSPS) is 13.9. The maximum Gasteiger partial charge on any atom is 0.240 e. The number of hydrogen-bond donors (Lipinski definition) is 2. The summed E-state index contributed by atoms with van der Waals surface area (Å²) in [6.07, 6.45) is 3.52. The van der Waals surface area contributed by atoms with Gasteiger partial charge in [0.1, 0.15) is 5.75 Å². The van der Waals surface area contributed by atoms with Crippen LogP contribution in [0.1, 0.15) is 30.4 Å². The Morgan fingerprint density at radius 2 is 1.61 bits per heavy atom. The van der Waals surface area contributed by atoms with E-state index >= 15 is 0 Å². The van der Waals surface area contributed by atoms with E-state index < -0.39 is 10.0 Å². The van der Waals surface area contributed by atoms with Crippen LogP contribution in [0.25, 0.3) is 0 Å². The Bertz CT molecular complexity index is 889. The molecule has 0 atom stereocenters. The highest BCUT2D eigenvalue weighted by Crippen LogP contribution is 2.22. The van der Waals surface area contributed by atoms with Crippen LogP contribution in [0.3, 0.4) is 0 Å². The Labute approximate surface area is 166 Å². The predicted octanol–water partition coefficient (Wildman–Crippen LogP) is 2.43. The summed E-state index contributed by atoms with van der Waals surface area (Å²) in [7, 11) is -1.79. The molecule has 28 heavy (non-hydrogen) atoms. The van der Waals surface area contributed by atoms with E-state index in [9.17, 15) is 13.2 Å². The molecule has 0 aromatic heterocycles. The summed E-state index contributed by atoms with van der Waals surface area (Å²) in [5.41, 5.74) is 2.08. The molecule has 0 radical (unpaired) electrons. The molecule has 0 aliphatic heterocycles. The number of rotatable bonds is 10. The first-order chi connectivity index (χ1) is 13.5. The molecule has 2 N–H and O–H groups in total. The number of ether oxygens (including phenoxy) is 1. The molecule has 1 fully saturated rings. The second-order valence-electron chi connectivity index (χ2n) is 6.99. The predicted molar refractivity (Wildman–Crippen MR) is 108 cm³/mol. The highest BCUT2D eigenvalue weighted by molar-refractivity contribution is 7.89. The summed E-state index contributed by atoms with van der Waals surface area (Å²) < 4.78 is 32.1. The summed E-state index contributed by atoms with van der Waals surface area (Å²) in [6, 6.07) is 14.6. The van der Waals surface area contributed by atoms with Gasteiger partial charge in [-0.1, -0.05) is 24.3 Å². The van der Waals surface area contributed by atoms with E-state index in [2.05, 4.69) is 10.0 Å². The number of carbonyl (C=O) groups is 1. The summed E-state index contributed by atoms with van der Waals surface area (Å²) in [5.74, 6) is 0.801. The molecule has 7 heteroatoms. The van der Waals surface area contributed by atoms with Gasteiger partial charge in [0, 0.05) is 19.0 Å². The van der Waals surface area contributed by atoms with Crippen LogP contribution < -0.4 is 14.8 Å². The lowest BCUT2D eigenvalue weighted by Gasteiger charge is -2.08. The minimum Gasteiger partial charge on any atom is -0.497 e. The molecule has 0 saturated heterocycles. The summed E-state index contributed by atoms with van der Waals surface area (Å²) in [4.78, 5) is 12.3. The Morgan fingerprint density at radius 3 is 2.21 bits per heavy atom. The average molecular weight is 403 g/mol. The number of methoxy groups -OCH3 is 1. The number of carbonyl (C=O) groups excluding carboxylic acids is 1. The lowest BCUT2D eigenvalue weighted by atomic mass is 10.1. The average Bonchev–Trinajstić information content (AvgIpc) is 3.50. The van der Waals surface area contributed by atoms with Crippen molar-refractivity contribution in [2.45, 2.75) is 43.0 Å². The monoisotopic (exact) mass is 402 g/mol. The number of aryl methyl sites for hydroxylation is 1. The molecular weight excluding hydrogens is 376 g/mol. The van der Waals surface area contributed by atoms with E-state index in [1.807, 2.05) is 24.3 Å². The SMILES string of the molecule is COc1ccc(CCNC(=O)CCc2ccc(S(=O)(=O)NC3CC3)cc2)cc1. The van der Waals surface area contributed by atoms with E-state index in [4.69, 9.17) is 4.74 Å². The van der Waals surface area contributed by atoms with Crippen LogP contribution in [0.2, 0.25) is 0 Å². The Morgan fingerprint density at radius 1 is 1.00 bits per heavy atom. The van der Waals surface area contributed by atoms with Gasteiger partial charge >= 0.3 is 0 Å². The standard InChI is InChI=1S/C21H26N2O4S/c1-27-19-9-2-17(3-10-19)14-15-22-21(24)13-6-16-4-11-20(12-5-16)28(25,26)23-18-7-8-18/h2-5,9-12,18,23H,6-8,13-15H2,1H3,(H,22,24). The third-order valence-corrected chi connectivity index (χ3v) is 6.20. The van der Waals surface area contributed by atoms with Gasteiger partial charge in [-0.05, 0) is 61.1 Å². The minimum atomic E-state index is -3.43. The van der Waals surface area contributed by atoms with Gasteiger partial charge in [-0.2, -0.15) is 0 Å². The van der Waals surface area contributed by atoms with Crippen molar-refractivity contribution in [1.82, 2.24) is 10.0 Å². The lowest BCUT2D eigenvalue weighted by Crippen LogP contribution is -2.26. The van der Waals surface area contributed by atoms with Gasteiger partial charge in [0.05, 0.1) is 12.0 Å². The molecule has 150 valence electrons. The first kappa shape index (κ1) is 20.4. The Hall–Kier alpha value is -2.38. The molecule has 1 amide bonds. The molecule has 0 bridgehead atoms. The van der Waals surface area contributed by atoms with Crippen molar-refractivity contribution >= 4 is 15.9 Å². The fourth-order valence-corrected chi connectivity index (χ4v) is 4.11. The third kappa shape index (κ3) is 6.07. The lowest BCUT2D eigenvalue weighted by molar-refractivity contribution is -0.121. The van der Waals surface area contributed by atoms with Gasteiger partial charge in [-0.25, -0.2) is 13.1 Å². The van der Waals surface area contributed by atoms with Crippen molar-refractivity contribution in [1.29, 1.82) is 0 Å². The highest BCUT2D eigenvalue weighted by Gasteiger charge is 2.27. The van der Waals surface area contributed by atoms with Gasteiger partial charge in [0.25, 0.3) is 0 Å². The molecule has 0 unspecified atom stereocenters. The number of nitrogens with one attached hydrogen (secondary N) is 2. The van der Waals surface area contributed by atoms with Gasteiger partial charge in [0.2, 0.25) is 15.9 Å². The summed E-state index contributed by atoms with van der Waals surface area (Å²) in [5, 5.41) is 2.92. The third-order valence-electron chi connectivity index (χ3n) is 4.67. The van der Waals surface area contributed by atoms with Gasteiger partial charge < -0.3 is 10.1 Å². The topological polar surface area (TPSA) is 84.5 Å². The van der Waals surface area contributed by atoms with E-state index in [0.29, 0.717) is 19.4 Å². The van der Waals surface area contributed by atoms with Crippen LogP contribution in [0.15, 0.2) is 53.4 Å². The molecular formula is C21H26N2O4S. The molecule has 2 aromatic rings. The van der Waals surface area contributed by atoms with Crippen molar-refractivity contribution in [3.05, 3.63) is 59.7 Å². The van der Waals surface area contributed by atoms with Crippen LogP contribution in [0.4, 0.5) is 0 Å². The molecule has 0 spiro atoms. The van der Waals surface area contributed by atoms with Gasteiger partial charge in [-0.15, -0.1) is 0 Å². The van der Waals surface area contributed by atoms with E-state index in [1.165, 1.54) is 0 Å². The van der Waals surface area contributed by atoms with E-state index in [-0.39, 0.29) is 16.8 Å². The number of hydrogen-bond acceptors (Lipinski definition) is 4. The second-order valence-corrected chi connectivity index (χ2v) is 8.70. The van der Waals surface area contributed by atoms with Crippen LogP contribution in [0, 0.1) is 0 Å². The molecule has 6 nitrogen and oxygen atoms in total. The van der Waals surface area contributed by atoms with E-state index in [0.717, 1.165) is 36.1 Å². The number of benzene rings is 2. The summed E-state index contributed by atoms with van der Waals surface area (Å²) in [6.45, 7) is 0.579. The molecule has 2 aromatic carbocycles. The largest absolute Gasteiger partial charge is 0.497 e. The van der Waals surface area contributed by atoms with Crippen LogP contribution in [-0.4, -0.2) is 34.0 Å². The zero-order valence-electron chi connectivity index (χ0n) is 16.0. The first-order valence-electron chi connectivity index (χ1n) is 9.47. The molecule has 1 aliphatic carbocycles. The maximum atomic E-state index is 12.1.